The van der Waals surface area contributed by atoms with Crippen molar-refractivity contribution in [3.8, 4) is 0 Å². The zero-order valence-electron chi connectivity index (χ0n) is 13.6. The van der Waals surface area contributed by atoms with E-state index in [1.165, 1.54) is 11.1 Å². The Morgan fingerprint density at radius 3 is 2.26 bits per heavy atom. The van der Waals surface area contributed by atoms with E-state index in [0.717, 1.165) is 39.0 Å². The molecule has 1 heterocycles. The molecule has 122 valence electrons. The molecule has 0 unspecified atom stereocenters. The average molecular weight is 310 g/mol. The largest absolute Gasteiger partial charge is 0.396 e. The number of nitrogens with zero attached hydrogens (tertiary/aromatic N) is 1. The van der Waals surface area contributed by atoms with E-state index in [4.69, 9.17) is 0 Å². The summed E-state index contributed by atoms with van der Waals surface area (Å²) in [6, 6.07) is 21.3. The Hall–Kier alpha value is -1.68. The van der Waals surface area contributed by atoms with Gasteiger partial charge in [0.05, 0.1) is 0 Å². The molecular formula is C20H26N2O. The van der Waals surface area contributed by atoms with E-state index in [-0.39, 0.29) is 12.1 Å². The molecule has 2 aromatic carbocycles. The van der Waals surface area contributed by atoms with Crippen molar-refractivity contribution >= 4 is 0 Å². The minimum Gasteiger partial charge on any atom is -0.396 e. The van der Waals surface area contributed by atoms with E-state index >= 15 is 0 Å². The first-order chi connectivity index (χ1) is 11.3. The first kappa shape index (κ1) is 16.2. The second-order valence-electron chi connectivity index (χ2n) is 6.44. The van der Waals surface area contributed by atoms with E-state index in [0.29, 0.717) is 0 Å². The van der Waals surface area contributed by atoms with Crippen LogP contribution in [0.5, 0.6) is 0 Å². The summed E-state index contributed by atoms with van der Waals surface area (Å²) in [5.41, 5.74) is 2.65. The molecule has 2 N–H and O–H groups in total. The summed E-state index contributed by atoms with van der Waals surface area (Å²) >= 11 is 0. The van der Waals surface area contributed by atoms with Gasteiger partial charge in [-0.25, -0.2) is 0 Å². The van der Waals surface area contributed by atoms with Crippen molar-refractivity contribution in [1.29, 1.82) is 0 Å². The standard InChI is InChI=1S/C20H26N2O/c23-14-11-20(15-18-7-3-1-4-8-18)17-21-12-13-22(20)16-19-9-5-2-6-10-19/h1-10,21,23H,11-17H2/t20-/m1/s1. The van der Waals surface area contributed by atoms with Gasteiger partial charge in [0.2, 0.25) is 0 Å². The van der Waals surface area contributed by atoms with Crippen LogP contribution >= 0.6 is 0 Å². The summed E-state index contributed by atoms with van der Waals surface area (Å²) in [6.07, 6.45) is 1.76. The topological polar surface area (TPSA) is 35.5 Å². The molecule has 2 aromatic rings. The third-order valence-corrected chi connectivity index (χ3v) is 4.85. The predicted octanol–water partition coefficient (Wildman–Crippen LogP) is 2.46. The Bertz CT molecular complexity index is 583. The lowest BCUT2D eigenvalue weighted by molar-refractivity contribution is 0.0301. The molecule has 1 aliphatic heterocycles. The minimum absolute atomic E-state index is 0.0236. The second kappa shape index (κ2) is 7.73. The van der Waals surface area contributed by atoms with Crippen LogP contribution in [0.2, 0.25) is 0 Å². The average Bonchev–Trinajstić information content (AvgIpc) is 2.59. The lowest BCUT2D eigenvalue weighted by atomic mass is 9.84. The molecule has 1 saturated heterocycles. The van der Waals surface area contributed by atoms with E-state index in [1.54, 1.807) is 0 Å². The van der Waals surface area contributed by atoms with Crippen LogP contribution in [0.15, 0.2) is 60.7 Å². The highest BCUT2D eigenvalue weighted by atomic mass is 16.3. The Morgan fingerprint density at radius 2 is 1.61 bits per heavy atom. The van der Waals surface area contributed by atoms with Gasteiger partial charge in [0, 0.05) is 38.3 Å². The van der Waals surface area contributed by atoms with E-state index in [9.17, 15) is 5.11 Å². The maximum absolute atomic E-state index is 9.69. The molecule has 3 rings (SSSR count). The summed E-state index contributed by atoms with van der Waals surface area (Å²) in [4.78, 5) is 2.56. The van der Waals surface area contributed by atoms with Crippen molar-refractivity contribution < 1.29 is 5.11 Å². The number of aliphatic hydroxyl groups excluding tert-OH is 1. The van der Waals surface area contributed by atoms with Crippen molar-refractivity contribution in [3.05, 3.63) is 71.8 Å². The fraction of sp³-hybridized carbons (Fsp3) is 0.400. The molecule has 0 bridgehead atoms. The molecule has 3 heteroatoms. The van der Waals surface area contributed by atoms with Crippen molar-refractivity contribution in [2.75, 3.05) is 26.2 Å². The van der Waals surface area contributed by atoms with Gasteiger partial charge < -0.3 is 10.4 Å². The van der Waals surface area contributed by atoms with E-state index in [2.05, 4.69) is 70.9 Å². The van der Waals surface area contributed by atoms with Gasteiger partial charge in [0.25, 0.3) is 0 Å². The van der Waals surface area contributed by atoms with E-state index in [1.807, 2.05) is 0 Å². The highest BCUT2D eigenvalue weighted by Crippen LogP contribution is 2.28. The van der Waals surface area contributed by atoms with Gasteiger partial charge in [-0.05, 0) is 24.0 Å². The van der Waals surface area contributed by atoms with Gasteiger partial charge >= 0.3 is 0 Å². The maximum atomic E-state index is 9.69. The summed E-state index contributed by atoms with van der Waals surface area (Å²) < 4.78 is 0. The fourth-order valence-corrected chi connectivity index (χ4v) is 3.63. The van der Waals surface area contributed by atoms with Crippen LogP contribution in [-0.4, -0.2) is 41.8 Å². The van der Waals surface area contributed by atoms with Crippen LogP contribution in [0, 0.1) is 0 Å². The molecular weight excluding hydrogens is 284 g/mol. The molecule has 1 atom stereocenters. The van der Waals surface area contributed by atoms with E-state index < -0.39 is 0 Å². The zero-order valence-corrected chi connectivity index (χ0v) is 13.6. The SMILES string of the molecule is OCC[C@@]1(Cc2ccccc2)CNCCN1Cc1ccccc1. The number of aliphatic hydroxyl groups is 1. The second-order valence-corrected chi connectivity index (χ2v) is 6.44. The van der Waals surface area contributed by atoms with Crippen molar-refractivity contribution in [1.82, 2.24) is 10.2 Å². The van der Waals surface area contributed by atoms with Gasteiger partial charge in [-0.2, -0.15) is 0 Å². The van der Waals surface area contributed by atoms with Crippen LogP contribution in [0.1, 0.15) is 17.5 Å². The molecule has 0 radical (unpaired) electrons. The molecule has 0 aromatic heterocycles. The molecule has 1 aliphatic rings. The summed E-state index contributed by atoms with van der Waals surface area (Å²) in [5.74, 6) is 0. The van der Waals surface area contributed by atoms with Crippen molar-refractivity contribution in [2.45, 2.75) is 24.9 Å². The number of piperazine rings is 1. The Balaban J connectivity index is 1.84. The minimum atomic E-state index is -0.0236. The molecule has 0 aliphatic carbocycles. The fourth-order valence-electron chi connectivity index (χ4n) is 3.63. The van der Waals surface area contributed by atoms with Gasteiger partial charge in [-0.15, -0.1) is 0 Å². The highest BCUT2D eigenvalue weighted by molar-refractivity contribution is 5.20. The Morgan fingerprint density at radius 1 is 0.957 bits per heavy atom. The monoisotopic (exact) mass is 310 g/mol. The normalized spacial score (nSPS) is 22.1. The van der Waals surface area contributed by atoms with Gasteiger partial charge in [0.1, 0.15) is 0 Å². The van der Waals surface area contributed by atoms with Gasteiger partial charge in [-0.1, -0.05) is 60.7 Å². The number of rotatable bonds is 6. The number of nitrogens with one attached hydrogen (secondary N) is 1. The van der Waals surface area contributed by atoms with Crippen LogP contribution in [0.4, 0.5) is 0 Å². The van der Waals surface area contributed by atoms with Crippen LogP contribution in [0.3, 0.4) is 0 Å². The predicted molar refractivity (Wildman–Crippen MR) is 94.3 cm³/mol. The third kappa shape index (κ3) is 3.99. The molecule has 3 nitrogen and oxygen atoms in total. The third-order valence-electron chi connectivity index (χ3n) is 4.85. The van der Waals surface area contributed by atoms with Gasteiger partial charge in [-0.3, -0.25) is 4.90 Å². The summed E-state index contributed by atoms with van der Waals surface area (Å²) in [5, 5.41) is 13.2. The van der Waals surface area contributed by atoms with Crippen LogP contribution in [-0.2, 0) is 13.0 Å². The van der Waals surface area contributed by atoms with Crippen molar-refractivity contribution in [2.24, 2.45) is 0 Å². The smallest absolute Gasteiger partial charge is 0.0449 e. The van der Waals surface area contributed by atoms with Crippen LogP contribution in [0.25, 0.3) is 0 Å². The Kier molecular flexibility index (Phi) is 5.44. The van der Waals surface area contributed by atoms with Gasteiger partial charge in [0.15, 0.2) is 0 Å². The van der Waals surface area contributed by atoms with Crippen molar-refractivity contribution in [3.63, 3.8) is 0 Å². The highest BCUT2D eigenvalue weighted by Gasteiger charge is 2.38. The summed E-state index contributed by atoms with van der Waals surface area (Å²) in [6.45, 7) is 4.11. The molecule has 0 spiro atoms. The number of benzene rings is 2. The molecule has 0 amide bonds. The lowest BCUT2D eigenvalue weighted by Crippen LogP contribution is -2.62. The van der Waals surface area contributed by atoms with Crippen LogP contribution < -0.4 is 5.32 Å². The zero-order chi connectivity index (χ0) is 16.0. The molecule has 23 heavy (non-hydrogen) atoms. The Labute approximate surface area is 139 Å². The quantitative estimate of drug-likeness (QED) is 0.860. The number of hydrogen-bond donors (Lipinski definition) is 2. The first-order valence-electron chi connectivity index (χ1n) is 8.47. The lowest BCUT2D eigenvalue weighted by Gasteiger charge is -2.48. The molecule has 1 fully saturated rings. The first-order valence-corrected chi connectivity index (χ1v) is 8.47. The number of hydrogen-bond acceptors (Lipinski definition) is 3. The maximum Gasteiger partial charge on any atom is 0.0449 e. The molecule has 0 saturated carbocycles. The summed E-state index contributed by atoms with van der Waals surface area (Å²) in [7, 11) is 0.